The molecule has 0 saturated heterocycles. The van der Waals surface area contributed by atoms with Crippen molar-refractivity contribution in [2.24, 2.45) is 0 Å². The molecule has 30 heavy (non-hydrogen) atoms. The van der Waals surface area contributed by atoms with Crippen LogP contribution in [0.5, 0.6) is 0 Å². The number of carbonyl (C=O) groups excluding carboxylic acids is 1. The van der Waals surface area contributed by atoms with E-state index in [1.165, 1.54) is 16.8 Å². The van der Waals surface area contributed by atoms with E-state index in [-0.39, 0.29) is 6.03 Å². The Morgan fingerprint density at radius 2 is 1.77 bits per heavy atom. The maximum atomic E-state index is 12.6. The van der Waals surface area contributed by atoms with Crippen molar-refractivity contribution >= 4 is 22.3 Å². The molecule has 4 aromatic rings. The normalized spacial score (nSPS) is 13.5. The molecule has 0 atom stereocenters. The summed E-state index contributed by atoms with van der Waals surface area (Å²) in [6.45, 7) is 5.95. The molecule has 2 amide bonds. The standard InChI is InChI=1S/C23H23N5OS/c1-15-3-7-17(8-4-15)13-24-22(29)27-12-11-19-20(14-27)30-23-25-21(26-28(19)23)18-9-5-16(2)6-10-18/h3-10H,11-14H2,1-2H3,(H,24,29). The second-order valence-corrected chi connectivity index (χ2v) is 8.85. The fourth-order valence-corrected chi connectivity index (χ4v) is 4.80. The van der Waals surface area contributed by atoms with Gasteiger partial charge in [-0.05, 0) is 19.4 Å². The van der Waals surface area contributed by atoms with Gasteiger partial charge in [0.1, 0.15) is 0 Å². The predicted molar refractivity (Wildman–Crippen MR) is 119 cm³/mol. The van der Waals surface area contributed by atoms with E-state index in [2.05, 4.69) is 67.7 Å². The van der Waals surface area contributed by atoms with Gasteiger partial charge in [-0.25, -0.2) is 9.31 Å². The summed E-state index contributed by atoms with van der Waals surface area (Å²) in [7, 11) is 0. The molecule has 0 bridgehead atoms. The molecule has 3 heterocycles. The predicted octanol–water partition coefficient (Wildman–Crippen LogP) is 4.34. The third-order valence-corrected chi connectivity index (χ3v) is 6.54. The maximum absolute atomic E-state index is 12.6. The highest BCUT2D eigenvalue weighted by atomic mass is 32.1. The molecule has 2 aromatic carbocycles. The third-order valence-electron chi connectivity index (χ3n) is 5.48. The minimum atomic E-state index is -0.0273. The summed E-state index contributed by atoms with van der Waals surface area (Å²) >= 11 is 1.62. The lowest BCUT2D eigenvalue weighted by molar-refractivity contribution is 0.192. The van der Waals surface area contributed by atoms with Crippen LogP contribution in [0.3, 0.4) is 0 Å². The van der Waals surface area contributed by atoms with Gasteiger partial charge in [0.25, 0.3) is 0 Å². The number of nitrogens with one attached hydrogen (secondary N) is 1. The Morgan fingerprint density at radius 1 is 1.07 bits per heavy atom. The quantitative estimate of drug-likeness (QED) is 0.539. The first-order valence-electron chi connectivity index (χ1n) is 10.1. The van der Waals surface area contributed by atoms with Crippen LogP contribution in [0.2, 0.25) is 0 Å². The zero-order chi connectivity index (χ0) is 20.7. The summed E-state index contributed by atoms with van der Waals surface area (Å²) in [5.74, 6) is 0.752. The lowest BCUT2D eigenvalue weighted by atomic mass is 10.1. The van der Waals surface area contributed by atoms with E-state index in [0.717, 1.165) is 33.2 Å². The Balaban J connectivity index is 1.29. The lowest BCUT2D eigenvalue weighted by Crippen LogP contribution is -2.42. The number of rotatable bonds is 3. The first-order chi connectivity index (χ1) is 14.6. The average molecular weight is 418 g/mol. The Hall–Kier alpha value is -3.19. The van der Waals surface area contributed by atoms with Crippen LogP contribution in [0.15, 0.2) is 48.5 Å². The molecule has 0 fully saturated rings. The van der Waals surface area contributed by atoms with Gasteiger partial charge in [0.05, 0.1) is 12.2 Å². The number of aromatic nitrogens is 3. The molecule has 0 unspecified atom stereocenters. The van der Waals surface area contributed by atoms with Gasteiger partial charge >= 0.3 is 6.03 Å². The number of nitrogens with zero attached hydrogens (tertiary/aromatic N) is 4. The molecule has 1 N–H and O–H groups in total. The molecule has 0 spiro atoms. The number of amides is 2. The molecule has 0 radical (unpaired) electrons. The highest BCUT2D eigenvalue weighted by Gasteiger charge is 2.26. The number of fused-ring (bicyclic) bond motifs is 3. The summed E-state index contributed by atoms with van der Waals surface area (Å²) in [5, 5.41) is 7.77. The summed E-state index contributed by atoms with van der Waals surface area (Å²) < 4.78 is 1.96. The van der Waals surface area contributed by atoms with Gasteiger partial charge in [-0.15, -0.1) is 5.10 Å². The van der Waals surface area contributed by atoms with E-state index in [0.29, 0.717) is 19.6 Å². The van der Waals surface area contributed by atoms with E-state index in [4.69, 9.17) is 10.1 Å². The van der Waals surface area contributed by atoms with Gasteiger partial charge in [-0.3, -0.25) is 0 Å². The first-order valence-corrected chi connectivity index (χ1v) is 10.9. The lowest BCUT2D eigenvalue weighted by Gasteiger charge is -2.26. The first kappa shape index (κ1) is 18.8. The zero-order valence-corrected chi connectivity index (χ0v) is 17.9. The van der Waals surface area contributed by atoms with E-state index < -0.39 is 0 Å². The molecule has 1 aliphatic heterocycles. The van der Waals surface area contributed by atoms with Gasteiger partial charge in [-0.2, -0.15) is 4.98 Å². The van der Waals surface area contributed by atoms with Crippen LogP contribution in [0.1, 0.15) is 27.3 Å². The van der Waals surface area contributed by atoms with Crippen LogP contribution < -0.4 is 5.32 Å². The van der Waals surface area contributed by atoms with E-state index in [9.17, 15) is 4.79 Å². The van der Waals surface area contributed by atoms with Crippen LogP contribution in [-0.4, -0.2) is 32.1 Å². The average Bonchev–Trinajstić information content (AvgIpc) is 3.31. The number of urea groups is 1. The summed E-state index contributed by atoms with van der Waals surface area (Å²) in [4.78, 5) is 21.3. The number of hydrogen-bond donors (Lipinski definition) is 1. The minimum absolute atomic E-state index is 0.0273. The highest BCUT2D eigenvalue weighted by Crippen LogP contribution is 2.29. The molecule has 6 nitrogen and oxygen atoms in total. The van der Waals surface area contributed by atoms with Crippen molar-refractivity contribution < 1.29 is 4.79 Å². The van der Waals surface area contributed by atoms with Crippen molar-refractivity contribution in [2.45, 2.75) is 33.4 Å². The molecule has 7 heteroatoms. The number of hydrogen-bond acceptors (Lipinski definition) is 4. The van der Waals surface area contributed by atoms with Gasteiger partial charge in [0.15, 0.2) is 5.82 Å². The van der Waals surface area contributed by atoms with Crippen LogP contribution in [-0.2, 0) is 19.5 Å². The van der Waals surface area contributed by atoms with Crippen molar-refractivity contribution in [3.63, 3.8) is 0 Å². The van der Waals surface area contributed by atoms with Crippen molar-refractivity contribution in [1.29, 1.82) is 0 Å². The van der Waals surface area contributed by atoms with Gasteiger partial charge < -0.3 is 10.2 Å². The molecular weight excluding hydrogens is 394 g/mol. The zero-order valence-electron chi connectivity index (χ0n) is 17.1. The van der Waals surface area contributed by atoms with Crippen LogP contribution in [0.4, 0.5) is 4.79 Å². The van der Waals surface area contributed by atoms with Crippen molar-refractivity contribution in [3.05, 3.63) is 75.8 Å². The monoisotopic (exact) mass is 417 g/mol. The number of thiazole rings is 1. The number of benzene rings is 2. The largest absolute Gasteiger partial charge is 0.334 e. The number of carbonyl (C=O) groups is 1. The van der Waals surface area contributed by atoms with Crippen molar-refractivity contribution in [3.8, 4) is 11.4 Å². The second-order valence-electron chi connectivity index (χ2n) is 7.78. The van der Waals surface area contributed by atoms with Crippen LogP contribution >= 0.6 is 11.3 Å². The van der Waals surface area contributed by atoms with E-state index in [1.807, 2.05) is 9.42 Å². The van der Waals surface area contributed by atoms with E-state index >= 15 is 0 Å². The molecule has 0 aliphatic carbocycles. The number of aryl methyl sites for hydroxylation is 2. The Bertz CT molecular complexity index is 1210. The molecule has 152 valence electrons. The molecular formula is C23H23N5OS. The maximum Gasteiger partial charge on any atom is 0.318 e. The molecule has 2 aromatic heterocycles. The minimum Gasteiger partial charge on any atom is -0.334 e. The molecule has 0 saturated carbocycles. The SMILES string of the molecule is Cc1ccc(CNC(=O)N2CCc3c(sc4nc(-c5ccc(C)cc5)nn34)C2)cc1. The van der Waals surface area contributed by atoms with Gasteiger partial charge in [-0.1, -0.05) is 71.0 Å². The molecule has 5 rings (SSSR count). The Morgan fingerprint density at radius 3 is 2.50 bits per heavy atom. The topological polar surface area (TPSA) is 62.5 Å². The fraction of sp³-hybridized carbons (Fsp3) is 0.261. The third kappa shape index (κ3) is 3.57. The Labute approximate surface area is 179 Å². The summed E-state index contributed by atoms with van der Waals surface area (Å²) in [5.41, 5.74) is 5.74. The van der Waals surface area contributed by atoms with Crippen LogP contribution in [0, 0.1) is 13.8 Å². The Kier molecular flexibility index (Phi) is 4.75. The van der Waals surface area contributed by atoms with Gasteiger partial charge in [0, 0.05) is 30.0 Å². The van der Waals surface area contributed by atoms with Crippen molar-refractivity contribution in [1.82, 2.24) is 24.8 Å². The summed E-state index contributed by atoms with van der Waals surface area (Å²) in [6, 6.07) is 16.5. The highest BCUT2D eigenvalue weighted by molar-refractivity contribution is 7.17. The molecule has 1 aliphatic rings. The second kappa shape index (κ2) is 7.57. The smallest absolute Gasteiger partial charge is 0.318 e. The van der Waals surface area contributed by atoms with E-state index in [1.54, 1.807) is 11.3 Å². The fourth-order valence-electron chi connectivity index (χ4n) is 3.68. The van der Waals surface area contributed by atoms with Gasteiger partial charge in [0.2, 0.25) is 4.96 Å². The van der Waals surface area contributed by atoms with Crippen LogP contribution in [0.25, 0.3) is 16.3 Å². The summed E-state index contributed by atoms with van der Waals surface area (Å²) in [6.07, 6.45) is 0.782. The van der Waals surface area contributed by atoms with Crippen molar-refractivity contribution in [2.75, 3.05) is 6.54 Å².